The Morgan fingerprint density at radius 3 is 2.38 bits per heavy atom. The van der Waals surface area contributed by atoms with E-state index in [1.165, 1.54) is 24.3 Å². The highest BCUT2D eigenvalue weighted by molar-refractivity contribution is 6.33. The Morgan fingerprint density at radius 1 is 1.10 bits per heavy atom. The highest BCUT2D eigenvalue weighted by Gasteiger charge is 2.17. The minimum Gasteiger partial charge on any atom is -0.482 e. The summed E-state index contributed by atoms with van der Waals surface area (Å²) in [5, 5.41) is 13.7. The van der Waals surface area contributed by atoms with Gasteiger partial charge >= 0.3 is 0 Å². The Balaban J connectivity index is 2.07. The van der Waals surface area contributed by atoms with E-state index in [0.29, 0.717) is 24.5 Å². The highest BCUT2D eigenvalue weighted by atomic mass is 35.5. The molecule has 2 aromatic carbocycles. The van der Waals surface area contributed by atoms with E-state index in [1.807, 2.05) is 13.8 Å². The zero-order chi connectivity index (χ0) is 21.6. The summed E-state index contributed by atoms with van der Waals surface area (Å²) in [6, 6.07) is 8.29. The molecule has 2 aromatic rings. The molecule has 29 heavy (non-hydrogen) atoms. The largest absolute Gasteiger partial charge is 0.482 e. The van der Waals surface area contributed by atoms with Crippen LogP contribution in [0.5, 0.6) is 5.75 Å². The second-order valence-electron chi connectivity index (χ2n) is 5.88. The minimum absolute atomic E-state index is 0.0599. The third-order valence-corrected chi connectivity index (χ3v) is 4.68. The number of nitrogens with one attached hydrogen (secondary N) is 1. The average Bonchev–Trinajstić information content (AvgIpc) is 2.68. The van der Waals surface area contributed by atoms with Gasteiger partial charge in [0.25, 0.3) is 17.5 Å². The van der Waals surface area contributed by atoms with E-state index >= 15 is 0 Å². The summed E-state index contributed by atoms with van der Waals surface area (Å²) in [6.07, 6.45) is 0. The predicted molar refractivity (Wildman–Crippen MR) is 111 cm³/mol. The molecule has 0 aliphatic carbocycles. The molecule has 0 saturated heterocycles. The molecule has 8 nitrogen and oxygen atoms in total. The monoisotopic (exact) mass is 439 g/mol. The average molecular weight is 440 g/mol. The smallest absolute Gasteiger partial charge is 0.288 e. The van der Waals surface area contributed by atoms with E-state index in [0.717, 1.165) is 6.07 Å². The Morgan fingerprint density at radius 2 is 1.79 bits per heavy atom. The SMILES string of the molecule is CCN(CC)C(=O)COc1ccc(NC(=O)c2ccc(Cl)c([N+](=O)[O-])c2)cc1Cl. The molecule has 0 saturated carbocycles. The Kier molecular flexibility index (Phi) is 7.81. The van der Waals surface area contributed by atoms with Crippen LogP contribution in [-0.2, 0) is 4.79 Å². The molecular weight excluding hydrogens is 421 g/mol. The number of amides is 2. The number of halogens is 2. The molecule has 0 aromatic heterocycles. The second-order valence-corrected chi connectivity index (χ2v) is 6.69. The van der Waals surface area contributed by atoms with Crippen molar-refractivity contribution in [2.45, 2.75) is 13.8 Å². The minimum atomic E-state index is -0.665. The van der Waals surface area contributed by atoms with Gasteiger partial charge in [-0.15, -0.1) is 0 Å². The van der Waals surface area contributed by atoms with Crippen molar-refractivity contribution in [3.05, 3.63) is 62.1 Å². The van der Waals surface area contributed by atoms with Gasteiger partial charge in [0.1, 0.15) is 10.8 Å². The number of hydrogen-bond acceptors (Lipinski definition) is 5. The number of benzene rings is 2. The van der Waals surface area contributed by atoms with Crippen molar-refractivity contribution < 1.29 is 19.2 Å². The van der Waals surface area contributed by atoms with Crippen molar-refractivity contribution >= 4 is 46.4 Å². The van der Waals surface area contributed by atoms with E-state index in [9.17, 15) is 19.7 Å². The van der Waals surface area contributed by atoms with Crippen molar-refractivity contribution in [2.75, 3.05) is 25.0 Å². The molecule has 0 radical (unpaired) electrons. The fourth-order valence-corrected chi connectivity index (χ4v) is 2.92. The predicted octanol–water partition coefficient (Wildman–Crippen LogP) is 4.40. The lowest BCUT2D eigenvalue weighted by atomic mass is 10.2. The number of hydrogen-bond donors (Lipinski definition) is 1. The van der Waals surface area contributed by atoms with Crippen LogP contribution < -0.4 is 10.1 Å². The van der Waals surface area contributed by atoms with Crippen molar-refractivity contribution in [2.24, 2.45) is 0 Å². The van der Waals surface area contributed by atoms with E-state index in [4.69, 9.17) is 27.9 Å². The summed E-state index contributed by atoms with van der Waals surface area (Å²) in [7, 11) is 0. The van der Waals surface area contributed by atoms with Gasteiger partial charge in [0.2, 0.25) is 0 Å². The molecule has 2 rings (SSSR count). The first kappa shape index (κ1) is 22.4. The standard InChI is InChI=1S/C19H19Cl2N3O5/c1-3-23(4-2)18(25)11-29-17-8-6-13(10-15(17)21)22-19(26)12-5-7-14(20)16(9-12)24(27)28/h5-10H,3-4,11H2,1-2H3,(H,22,26). The first-order valence-electron chi connectivity index (χ1n) is 8.72. The third-order valence-electron chi connectivity index (χ3n) is 4.06. The molecule has 2 amide bonds. The summed E-state index contributed by atoms with van der Waals surface area (Å²) in [4.78, 5) is 36.3. The number of carbonyl (C=O) groups excluding carboxylic acids is 2. The van der Waals surface area contributed by atoms with Gasteiger partial charge in [-0.2, -0.15) is 0 Å². The number of rotatable bonds is 8. The quantitative estimate of drug-likeness (QED) is 0.484. The lowest BCUT2D eigenvalue weighted by Crippen LogP contribution is -2.34. The van der Waals surface area contributed by atoms with E-state index in [-0.39, 0.29) is 33.8 Å². The fraction of sp³-hybridized carbons (Fsp3) is 0.263. The normalized spacial score (nSPS) is 10.3. The molecular formula is C19H19Cl2N3O5. The van der Waals surface area contributed by atoms with Gasteiger partial charge in [0.15, 0.2) is 6.61 Å². The maximum Gasteiger partial charge on any atom is 0.288 e. The fourth-order valence-electron chi connectivity index (χ4n) is 2.50. The van der Waals surface area contributed by atoms with Gasteiger partial charge in [-0.3, -0.25) is 19.7 Å². The lowest BCUT2D eigenvalue weighted by Gasteiger charge is -2.19. The van der Waals surface area contributed by atoms with E-state index < -0.39 is 10.8 Å². The van der Waals surface area contributed by atoms with Gasteiger partial charge in [-0.1, -0.05) is 23.2 Å². The number of anilines is 1. The molecule has 0 bridgehead atoms. The Bertz CT molecular complexity index is 932. The van der Waals surface area contributed by atoms with Crippen molar-refractivity contribution in [3.8, 4) is 5.75 Å². The van der Waals surface area contributed by atoms with Crippen LogP contribution in [-0.4, -0.2) is 41.3 Å². The topological polar surface area (TPSA) is 102 Å². The summed E-state index contributed by atoms with van der Waals surface area (Å²) in [5.41, 5.74) is 0.0707. The highest BCUT2D eigenvalue weighted by Crippen LogP contribution is 2.29. The Hall–Kier alpha value is -2.84. The van der Waals surface area contributed by atoms with Gasteiger partial charge < -0.3 is 15.0 Å². The number of nitrogens with zero attached hydrogens (tertiary/aromatic N) is 2. The van der Waals surface area contributed by atoms with Crippen LogP contribution >= 0.6 is 23.2 Å². The molecule has 0 aliphatic rings. The number of likely N-dealkylation sites (N-methyl/N-ethyl adjacent to an activating group) is 1. The van der Waals surface area contributed by atoms with Crippen molar-refractivity contribution in [1.82, 2.24) is 4.90 Å². The van der Waals surface area contributed by atoms with Gasteiger partial charge in [-0.05, 0) is 44.2 Å². The van der Waals surface area contributed by atoms with Gasteiger partial charge in [0, 0.05) is 30.4 Å². The Labute approximate surface area is 177 Å². The van der Waals surface area contributed by atoms with Crippen LogP contribution in [0.3, 0.4) is 0 Å². The molecule has 0 spiro atoms. The van der Waals surface area contributed by atoms with Gasteiger partial charge in [0.05, 0.1) is 9.95 Å². The van der Waals surface area contributed by atoms with Crippen LogP contribution in [0.25, 0.3) is 0 Å². The second kappa shape index (κ2) is 10.1. The molecule has 10 heteroatoms. The van der Waals surface area contributed by atoms with Crippen LogP contribution in [0.1, 0.15) is 24.2 Å². The third kappa shape index (κ3) is 5.82. The van der Waals surface area contributed by atoms with E-state index in [1.54, 1.807) is 11.0 Å². The molecule has 0 unspecified atom stereocenters. The maximum absolute atomic E-state index is 12.4. The first-order valence-corrected chi connectivity index (χ1v) is 9.47. The van der Waals surface area contributed by atoms with Crippen LogP contribution in [0, 0.1) is 10.1 Å². The number of nitro benzene ring substituents is 1. The number of carbonyl (C=O) groups is 2. The zero-order valence-corrected chi connectivity index (χ0v) is 17.3. The van der Waals surface area contributed by atoms with Crippen LogP contribution in [0.4, 0.5) is 11.4 Å². The van der Waals surface area contributed by atoms with Crippen LogP contribution in [0.15, 0.2) is 36.4 Å². The summed E-state index contributed by atoms with van der Waals surface area (Å²) < 4.78 is 5.46. The van der Waals surface area contributed by atoms with E-state index in [2.05, 4.69) is 5.32 Å². The zero-order valence-electron chi connectivity index (χ0n) is 15.8. The molecule has 0 aliphatic heterocycles. The summed E-state index contributed by atoms with van der Waals surface area (Å²) >= 11 is 11.9. The van der Waals surface area contributed by atoms with Crippen molar-refractivity contribution in [3.63, 3.8) is 0 Å². The summed E-state index contributed by atoms with van der Waals surface area (Å²) in [6.45, 7) is 4.77. The van der Waals surface area contributed by atoms with Crippen molar-refractivity contribution in [1.29, 1.82) is 0 Å². The lowest BCUT2D eigenvalue weighted by molar-refractivity contribution is -0.384. The molecule has 0 fully saturated rings. The number of ether oxygens (including phenoxy) is 1. The van der Waals surface area contributed by atoms with Gasteiger partial charge in [-0.25, -0.2) is 0 Å². The molecule has 1 N–H and O–H groups in total. The molecule has 0 atom stereocenters. The number of nitro groups is 1. The summed E-state index contributed by atoms with van der Waals surface area (Å²) in [5.74, 6) is -0.425. The van der Waals surface area contributed by atoms with Crippen LogP contribution in [0.2, 0.25) is 10.0 Å². The maximum atomic E-state index is 12.4. The molecule has 0 heterocycles. The molecule has 154 valence electrons. The first-order chi connectivity index (χ1) is 13.8.